The summed E-state index contributed by atoms with van der Waals surface area (Å²) in [6, 6.07) is 3.92. The van der Waals surface area contributed by atoms with Gasteiger partial charge in [-0.05, 0) is 68.7 Å². The van der Waals surface area contributed by atoms with Crippen LogP contribution in [0.25, 0.3) is 0 Å². The fourth-order valence-corrected chi connectivity index (χ4v) is 6.18. The van der Waals surface area contributed by atoms with Gasteiger partial charge in [0.2, 0.25) is 0 Å². The summed E-state index contributed by atoms with van der Waals surface area (Å²) >= 11 is 1.25. The van der Waals surface area contributed by atoms with Crippen LogP contribution < -0.4 is 4.74 Å². The lowest BCUT2D eigenvalue weighted by atomic mass is 9.78. The van der Waals surface area contributed by atoms with E-state index in [4.69, 9.17) is 4.74 Å². The first-order valence-corrected chi connectivity index (χ1v) is 13.4. The summed E-state index contributed by atoms with van der Waals surface area (Å²) in [4.78, 5) is 24.5. The third kappa shape index (κ3) is 8.27. The zero-order valence-electron chi connectivity index (χ0n) is 20.3. The molecule has 0 aromatic carbocycles. The molecule has 1 aliphatic heterocycles. The van der Waals surface area contributed by atoms with Crippen molar-refractivity contribution in [2.24, 2.45) is 11.8 Å². The Hall–Kier alpha value is -2.00. The minimum Gasteiger partial charge on any atom is -0.460 e. The quantitative estimate of drug-likeness (QED) is 0.441. The minimum atomic E-state index is -4.34. The highest BCUT2D eigenvalue weighted by molar-refractivity contribution is 7.13. The van der Waals surface area contributed by atoms with Crippen molar-refractivity contribution < 1.29 is 22.7 Å². The molecule has 0 N–H and O–H groups in total. The van der Waals surface area contributed by atoms with Gasteiger partial charge in [-0.1, -0.05) is 24.2 Å². The van der Waals surface area contributed by atoms with Gasteiger partial charge in [-0.15, -0.1) is 0 Å². The van der Waals surface area contributed by atoms with Gasteiger partial charge in [0.25, 0.3) is 5.19 Å². The van der Waals surface area contributed by atoms with Gasteiger partial charge < -0.3 is 9.64 Å². The Morgan fingerprint density at radius 1 is 1.17 bits per heavy atom. The van der Waals surface area contributed by atoms with Crippen LogP contribution >= 0.6 is 11.3 Å². The van der Waals surface area contributed by atoms with Crippen LogP contribution in [0.1, 0.15) is 60.4 Å². The number of thiazole rings is 1. The van der Waals surface area contributed by atoms with Crippen LogP contribution in [0.4, 0.5) is 13.2 Å². The van der Waals surface area contributed by atoms with Crippen molar-refractivity contribution in [2.45, 2.75) is 70.9 Å². The highest BCUT2D eigenvalue weighted by Crippen LogP contribution is 2.34. The van der Waals surface area contributed by atoms with E-state index in [1.807, 2.05) is 19.1 Å². The SMILES string of the molecule is Cc1cc(CC(=O)CC2CCC(CCN3CCc4nc(OCC(F)(F)F)sc4CC3)CC2)ccn1. The number of nitrogens with zero attached hydrogens (tertiary/aromatic N) is 3. The maximum atomic E-state index is 12.5. The molecule has 0 amide bonds. The van der Waals surface area contributed by atoms with E-state index in [2.05, 4.69) is 14.9 Å². The molecule has 2 aliphatic rings. The number of aromatic nitrogens is 2. The van der Waals surface area contributed by atoms with Gasteiger partial charge >= 0.3 is 6.18 Å². The molecule has 0 spiro atoms. The number of aryl methyl sites for hydroxylation is 1. The van der Waals surface area contributed by atoms with Gasteiger partial charge in [-0.25, -0.2) is 4.98 Å². The fraction of sp³-hybridized carbons (Fsp3) is 0.654. The number of fused-ring (bicyclic) bond motifs is 1. The van der Waals surface area contributed by atoms with Gasteiger partial charge in [-0.3, -0.25) is 9.78 Å². The molecule has 35 heavy (non-hydrogen) atoms. The molecule has 0 atom stereocenters. The van der Waals surface area contributed by atoms with E-state index in [-0.39, 0.29) is 5.19 Å². The average molecular weight is 510 g/mol. The first-order chi connectivity index (χ1) is 16.7. The van der Waals surface area contributed by atoms with Crippen molar-refractivity contribution in [3.63, 3.8) is 0 Å². The van der Waals surface area contributed by atoms with Crippen LogP contribution in [0.3, 0.4) is 0 Å². The molecule has 1 aliphatic carbocycles. The number of ketones is 1. The normalized spacial score (nSPS) is 21.4. The molecular formula is C26H34F3N3O2S. The molecule has 2 aromatic heterocycles. The lowest BCUT2D eigenvalue weighted by Gasteiger charge is -2.30. The molecule has 0 bridgehead atoms. The predicted molar refractivity (Wildman–Crippen MR) is 130 cm³/mol. The summed E-state index contributed by atoms with van der Waals surface area (Å²) in [7, 11) is 0. The van der Waals surface area contributed by atoms with Crippen molar-refractivity contribution in [3.8, 4) is 5.19 Å². The number of hydrogen-bond acceptors (Lipinski definition) is 6. The van der Waals surface area contributed by atoms with Crippen LogP contribution in [0.5, 0.6) is 5.19 Å². The average Bonchev–Trinajstić information content (AvgIpc) is 3.10. The number of carbonyl (C=O) groups excluding carboxylic acids is 1. The highest BCUT2D eigenvalue weighted by atomic mass is 32.1. The Bertz CT molecular complexity index is 961. The summed E-state index contributed by atoms with van der Waals surface area (Å²) in [5.41, 5.74) is 2.90. The van der Waals surface area contributed by atoms with Gasteiger partial charge in [0.05, 0.1) is 5.69 Å². The number of ether oxygens (including phenoxy) is 1. The van der Waals surface area contributed by atoms with Crippen molar-refractivity contribution in [2.75, 3.05) is 26.2 Å². The summed E-state index contributed by atoms with van der Waals surface area (Å²) < 4.78 is 42.0. The van der Waals surface area contributed by atoms with E-state index < -0.39 is 12.8 Å². The van der Waals surface area contributed by atoms with Crippen molar-refractivity contribution in [1.29, 1.82) is 0 Å². The maximum absolute atomic E-state index is 12.5. The molecule has 2 aromatic rings. The molecule has 5 nitrogen and oxygen atoms in total. The van der Waals surface area contributed by atoms with Crippen LogP contribution in [0.15, 0.2) is 18.3 Å². The summed E-state index contributed by atoms with van der Waals surface area (Å²) in [6.07, 6.45) is 6.00. The number of pyridine rings is 1. The van der Waals surface area contributed by atoms with Gasteiger partial charge in [0.15, 0.2) is 6.61 Å². The van der Waals surface area contributed by atoms with E-state index in [0.29, 0.717) is 30.5 Å². The molecule has 3 heterocycles. The van der Waals surface area contributed by atoms with Crippen LogP contribution in [-0.4, -0.2) is 53.1 Å². The second-order valence-corrected chi connectivity index (χ2v) is 11.0. The number of Topliss-reactive ketones (excluding diaryl/α,β-unsaturated/α-hetero) is 1. The number of carbonyl (C=O) groups is 1. The van der Waals surface area contributed by atoms with E-state index in [9.17, 15) is 18.0 Å². The molecule has 192 valence electrons. The summed E-state index contributed by atoms with van der Waals surface area (Å²) in [5.74, 6) is 1.55. The number of rotatable bonds is 9. The number of hydrogen-bond donors (Lipinski definition) is 0. The van der Waals surface area contributed by atoms with Crippen molar-refractivity contribution in [3.05, 3.63) is 40.2 Å². The molecule has 0 radical (unpaired) electrons. The smallest absolute Gasteiger partial charge is 0.422 e. The molecule has 1 saturated carbocycles. The van der Waals surface area contributed by atoms with E-state index in [0.717, 1.165) is 73.6 Å². The van der Waals surface area contributed by atoms with E-state index in [1.54, 1.807) is 6.20 Å². The molecule has 0 unspecified atom stereocenters. The predicted octanol–water partition coefficient (Wildman–Crippen LogP) is 5.59. The van der Waals surface area contributed by atoms with Crippen LogP contribution in [-0.2, 0) is 24.1 Å². The van der Waals surface area contributed by atoms with E-state index >= 15 is 0 Å². The lowest BCUT2D eigenvalue weighted by Crippen LogP contribution is -2.30. The molecule has 0 saturated heterocycles. The summed E-state index contributed by atoms with van der Waals surface area (Å²) in [6.45, 7) is 3.50. The fourth-order valence-electron chi connectivity index (χ4n) is 5.24. The third-order valence-corrected chi connectivity index (χ3v) is 8.21. The standard InChI is InChI=1S/C26H34F3N3O2S/c1-18-14-21(6-10-30-18)16-22(33)15-20-4-2-19(3-5-20)7-11-32-12-8-23-24(9-13-32)35-25(31-23)34-17-26(27,28)29/h6,10,14,19-20H,2-5,7-9,11-13,15-17H2,1H3. The van der Waals surface area contributed by atoms with Gasteiger partial charge in [0, 0.05) is 49.1 Å². The number of halogens is 3. The zero-order valence-corrected chi connectivity index (χ0v) is 21.1. The first kappa shape index (κ1) is 26.1. The number of alkyl halides is 3. The summed E-state index contributed by atoms with van der Waals surface area (Å²) in [5, 5.41) is 0.131. The molecular weight excluding hydrogens is 475 g/mol. The topological polar surface area (TPSA) is 55.3 Å². The zero-order chi connectivity index (χ0) is 24.8. The third-order valence-electron chi connectivity index (χ3n) is 7.14. The Balaban J connectivity index is 1.13. The van der Waals surface area contributed by atoms with Crippen LogP contribution in [0.2, 0.25) is 0 Å². The van der Waals surface area contributed by atoms with Gasteiger partial charge in [0.1, 0.15) is 5.78 Å². The Kier molecular flexibility index (Phi) is 8.81. The second kappa shape index (κ2) is 11.8. The van der Waals surface area contributed by atoms with Crippen molar-refractivity contribution >= 4 is 17.1 Å². The highest BCUT2D eigenvalue weighted by Gasteiger charge is 2.30. The molecule has 4 rings (SSSR count). The maximum Gasteiger partial charge on any atom is 0.422 e. The molecule has 1 fully saturated rings. The van der Waals surface area contributed by atoms with Gasteiger partial charge in [-0.2, -0.15) is 13.2 Å². The lowest BCUT2D eigenvalue weighted by molar-refractivity contribution is -0.153. The molecule has 9 heteroatoms. The second-order valence-electron chi connectivity index (χ2n) is 10.00. The van der Waals surface area contributed by atoms with E-state index in [1.165, 1.54) is 24.2 Å². The largest absolute Gasteiger partial charge is 0.460 e. The Morgan fingerprint density at radius 3 is 2.66 bits per heavy atom. The Morgan fingerprint density at radius 2 is 1.91 bits per heavy atom. The first-order valence-electron chi connectivity index (χ1n) is 12.6. The monoisotopic (exact) mass is 509 g/mol. The van der Waals surface area contributed by atoms with Crippen LogP contribution in [0, 0.1) is 18.8 Å². The minimum absolute atomic E-state index is 0.131. The Labute approximate surface area is 209 Å². The van der Waals surface area contributed by atoms with Crippen molar-refractivity contribution in [1.82, 2.24) is 14.9 Å².